The fourth-order valence-electron chi connectivity index (χ4n) is 1.37. The Morgan fingerprint density at radius 2 is 2.07 bits per heavy atom. The fourth-order valence-corrected chi connectivity index (χ4v) is 1.37. The monoisotopic (exact) mass is 193 g/mol. The van der Waals surface area contributed by atoms with Crippen LogP contribution in [0.5, 0.6) is 0 Å². The fraction of sp³-hybridized carbons (Fsp3) is 0.583. The Balaban J connectivity index is 2.35. The summed E-state index contributed by atoms with van der Waals surface area (Å²) in [5.74, 6) is 0. The van der Waals surface area contributed by atoms with Gasteiger partial charge in [0.2, 0.25) is 0 Å². The van der Waals surface area contributed by atoms with E-state index >= 15 is 0 Å². The van der Waals surface area contributed by atoms with Crippen LogP contribution in [-0.4, -0.2) is 15.7 Å². The van der Waals surface area contributed by atoms with E-state index in [1.807, 2.05) is 33.0 Å². The molecule has 0 atom stereocenters. The number of aromatic nitrogens is 1. The Labute approximate surface area is 86.0 Å². The van der Waals surface area contributed by atoms with Crippen molar-refractivity contribution >= 4 is 0 Å². The van der Waals surface area contributed by atoms with E-state index in [1.165, 1.54) is 5.56 Å². The molecule has 0 radical (unpaired) electrons. The first-order chi connectivity index (χ1) is 6.47. The molecule has 2 nitrogen and oxygen atoms in total. The molecular formula is C12H19NO. The van der Waals surface area contributed by atoms with Crippen molar-refractivity contribution in [3.63, 3.8) is 0 Å². The first-order valence-electron chi connectivity index (χ1n) is 5.11. The molecular weight excluding hydrogens is 174 g/mol. The Hall–Kier alpha value is -0.890. The van der Waals surface area contributed by atoms with E-state index in [-0.39, 0.29) is 0 Å². The summed E-state index contributed by atoms with van der Waals surface area (Å²) in [4.78, 5) is 4.23. The molecule has 0 bridgehead atoms. The van der Waals surface area contributed by atoms with Gasteiger partial charge in [-0.05, 0) is 51.7 Å². The largest absolute Gasteiger partial charge is 0.390 e. The third-order valence-corrected chi connectivity index (χ3v) is 2.23. The van der Waals surface area contributed by atoms with Gasteiger partial charge in [0.25, 0.3) is 0 Å². The second-order valence-electron chi connectivity index (χ2n) is 4.47. The van der Waals surface area contributed by atoms with E-state index < -0.39 is 5.60 Å². The molecule has 0 aromatic carbocycles. The van der Waals surface area contributed by atoms with Crippen molar-refractivity contribution in [2.24, 2.45) is 0 Å². The second-order valence-corrected chi connectivity index (χ2v) is 4.47. The predicted octanol–water partition coefficient (Wildman–Crippen LogP) is 2.48. The zero-order valence-electron chi connectivity index (χ0n) is 9.25. The summed E-state index contributed by atoms with van der Waals surface area (Å²) in [7, 11) is 0. The molecule has 0 aliphatic rings. The van der Waals surface area contributed by atoms with Crippen LogP contribution in [0.25, 0.3) is 0 Å². The topological polar surface area (TPSA) is 33.1 Å². The molecule has 0 aliphatic carbocycles. The van der Waals surface area contributed by atoms with Crippen LogP contribution in [0.1, 0.15) is 37.9 Å². The first-order valence-corrected chi connectivity index (χ1v) is 5.11. The second kappa shape index (κ2) is 4.56. The van der Waals surface area contributed by atoms with Crippen molar-refractivity contribution in [3.8, 4) is 0 Å². The molecule has 1 heterocycles. The van der Waals surface area contributed by atoms with Gasteiger partial charge in [0.15, 0.2) is 0 Å². The van der Waals surface area contributed by atoms with Gasteiger partial charge in [0, 0.05) is 11.9 Å². The van der Waals surface area contributed by atoms with Gasteiger partial charge in [-0.15, -0.1) is 0 Å². The van der Waals surface area contributed by atoms with Crippen LogP contribution in [0.4, 0.5) is 0 Å². The highest BCUT2D eigenvalue weighted by molar-refractivity contribution is 5.13. The Bertz CT molecular complexity index is 271. The quantitative estimate of drug-likeness (QED) is 0.797. The van der Waals surface area contributed by atoms with E-state index in [2.05, 4.69) is 11.1 Å². The molecule has 14 heavy (non-hydrogen) atoms. The summed E-state index contributed by atoms with van der Waals surface area (Å²) in [6.07, 6.45) is 4.76. The predicted molar refractivity (Wildman–Crippen MR) is 58.2 cm³/mol. The lowest BCUT2D eigenvalue weighted by atomic mass is 10.00. The average Bonchev–Trinajstić information content (AvgIpc) is 2.06. The van der Waals surface area contributed by atoms with Gasteiger partial charge in [0.1, 0.15) is 0 Å². The third-order valence-electron chi connectivity index (χ3n) is 2.23. The smallest absolute Gasteiger partial charge is 0.0591 e. The van der Waals surface area contributed by atoms with Gasteiger partial charge < -0.3 is 5.11 Å². The number of pyridine rings is 1. The zero-order chi connectivity index (χ0) is 10.6. The number of hydrogen-bond donors (Lipinski definition) is 1. The average molecular weight is 193 g/mol. The van der Waals surface area contributed by atoms with Gasteiger partial charge in [-0.25, -0.2) is 0 Å². The summed E-state index contributed by atoms with van der Waals surface area (Å²) in [5, 5.41) is 9.52. The summed E-state index contributed by atoms with van der Waals surface area (Å²) in [5.41, 5.74) is 1.76. The molecule has 1 aromatic rings. The van der Waals surface area contributed by atoms with Crippen LogP contribution in [0, 0.1) is 6.92 Å². The Morgan fingerprint density at radius 1 is 1.36 bits per heavy atom. The highest BCUT2D eigenvalue weighted by Gasteiger charge is 2.11. The maximum Gasteiger partial charge on any atom is 0.0591 e. The molecule has 1 N–H and O–H groups in total. The SMILES string of the molecule is Cc1ccc(CCCC(C)(C)O)cn1. The number of aliphatic hydroxyl groups is 1. The lowest BCUT2D eigenvalue weighted by Crippen LogP contribution is -2.18. The first kappa shape index (κ1) is 11.2. The molecule has 0 aliphatic heterocycles. The summed E-state index contributed by atoms with van der Waals surface area (Å²) < 4.78 is 0. The Morgan fingerprint density at radius 3 is 2.57 bits per heavy atom. The molecule has 2 heteroatoms. The van der Waals surface area contributed by atoms with Crippen molar-refractivity contribution in [3.05, 3.63) is 29.6 Å². The van der Waals surface area contributed by atoms with Gasteiger partial charge >= 0.3 is 0 Å². The van der Waals surface area contributed by atoms with E-state index in [0.717, 1.165) is 25.0 Å². The number of nitrogens with zero attached hydrogens (tertiary/aromatic N) is 1. The van der Waals surface area contributed by atoms with E-state index in [1.54, 1.807) is 0 Å². The number of hydrogen-bond acceptors (Lipinski definition) is 2. The molecule has 1 rings (SSSR count). The normalized spacial score (nSPS) is 11.7. The molecule has 0 saturated carbocycles. The van der Waals surface area contributed by atoms with Crippen molar-refractivity contribution in [2.75, 3.05) is 0 Å². The third kappa shape index (κ3) is 4.38. The minimum absolute atomic E-state index is 0.544. The summed E-state index contributed by atoms with van der Waals surface area (Å²) >= 11 is 0. The summed E-state index contributed by atoms with van der Waals surface area (Å²) in [6.45, 7) is 5.68. The summed E-state index contributed by atoms with van der Waals surface area (Å²) in [6, 6.07) is 4.13. The molecule has 0 unspecified atom stereocenters. The van der Waals surface area contributed by atoms with Gasteiger partial charge in [-0.3, -0.25) is 4.98 Å². The number of rotatable bonds is 4. The van der Waals surface area contributed by atoms with E-state index in [4.69, 9.17) is 0 Å². The highest BCUT2D eigenvalue weighted by atomic mass is 16.3. The maximum atomic E-state index is 9.52. The van der Waals surface area contributed by atoms with Crippen LogP contribution < -0.4 is 0 Å². The molecule has 78 valence electrons. The minimum Gasteiger partial charge on any atom is -0.390 e. The molecule has 0 spiro atoms. The highest BCUT2D eigenvalue weighted by Crippen LogP contribution is 2.13. The van der Waals surface area contributed by atoms with E-state index in [9.17, 15) is 5.11 Å². The van der Waals surface area contributed by atoms with Crippen LogP contribution in [-0.2, 0) is 6.42 Å². The van der Waals surface area contributed by atoms with Crippen molar-refractivity contribution < 1.29 is 5.11 Å². The van der Waals surface area contributed by atoms with Crippen molar-refractivity contribution in [1.82, 2.24) is 4.98 Å². The zero-order valence-corrected chi connectivity index (χ0v) is 9.25. The maximum absolute atomic E-state index is 9.52. The molecule has 0 saturated heterocycles. The lowest BCUT2D eigenvalue weighted by Gasteiger charge is -2.16. The minimum atomic E-state index is -0.544. The van der Waals surface area contributed by atoms with Crippen molar-refractivity contribution in [2.45, 2.75) is 45.6 Å². The molecule has 0 fully saturated rings. The van der Waals surface area contributed by atoms with Crippen molar-refractivity contribution in [1.29, 1.82) is 0 Å². The van der Waals surface area contributed by atoms with Crippen LogP contribution in [0.15, 0.2) is 18.3 Å². The van der Waals surface area contributed by atoms with Gasteiger partial charge in [-0.2, -0.15) is 0 Å². The molecule has 1 aromatic heterocycles. The van der Waals surface area contributed by atoms with Gasteiger partial charge in [0.05, 0.1) is 5.60 Å². The van der Waals surface area contributed by atoms with Crippen LogP contribution >= 0.6 is 0 Å². The van der Waals surface area contributed by atoms with Gasteiger partial charge in [-0.1, -0.05) is 6.07 Å². The van der Waals surface area contributed by atoms with E-state index in [0.29, 0.717) is 0 Å². The van der Waals surface area contributed by atoms with Crippen LogP contribution in [0.3, 0.4) is 0 Å². The molecule has 0 amide bonds. The van der Waals surface area contributed by atoms with Crippen LogP contribution in [0.2, 0.25) is 0 Å². The Kier molecular flexibility index (Phi) is 3.64. The number of aryl methyl sites for hydroxylation is 2. The lowest BCUT2D eigenvalue weighted by molar-refractivity contribution is 0.0689. The standard InChI is InChI=1S/C12H19NO/c1-10-6-7-11(9-13-10)5-4-8-12(2,3)14/h6-7,9,14H,4-5,8H2,1-3H3.